The van der Waals surface area contributed by atoms with Gasteiger partial charge < -0.3 is 15.1 Å². The van der Waals surface area contributed by atoms with Crippen molar-refractivity contribution in [3.63, 3.8) is 0 Å². The standard InChI is InChI=1S/C23H25ClN4O3/c24-18-9-7-17(8-10-18)23(31)27-14-12-26(13-15-27)16-21(29)25-19-4-1-2-5-20(19)28-11-3-6-22(28)30/h1-2,4-5,7-10H,3,6,11-16H2,(H,25,29). The minimum atomic E-state index is -0.128. The van der Waals surface area contributed by atoms with Gasteiger partial charge in [0.1, 0.15) is 0 Å². The molecule has 0 spiro atoms. The normalized spacial score (nSPS) is 17.1. The average Bonchev–Trinajstić information content (AvgIpc) is 3.20. The average molecular weight is 441 g/mol. The molecule has 0 aliphatic carbocycles. The lowest BCUT2D eigenvalue weighted by atomic mass is 10.2. The second-order valence-electron chi connectivity index (χ2n) is 7.79. The topological polar surface area (TPSA) is 73.0 Å². The molecular formula is C23H25ClN4O3. The molecular weight excluding hydrogens is 416 g/mol. The summed E-state index contributed by atoms with van der Waals surface area (Å²) < 4.78 is 0. The van der Waals surface area contributed by atoms with E-state index in [0.717, 1.165) is 12.1 Å². The fraction of sp³-hybridized carbons (Fsp3) is 0.348. The Hall–Kier alpha value is -2.90. The van der Waals surface area contributed by atoms with Crippen molar-refractivity contribution in [3.05, 3.63) is 59.1 Å². The van der Waals surface area contributed by atoms with E-state index >= 15 is 0 Å². The molecule has 8 heteroatoms. The Morgan fingerprint density at radius 3 is 2.32 bits per heavy atom. The molecule has 2 aromatic carbocycles. The van der Waals surface area contributed by atoms with E-state index in [0.29, 0.717) is 55.4 Å². The highest BCUT2D eigenvalue weighted by Crippen LogP contribution is 2.29. The molecule has 2 saturated heterocycles. The fourth-order valence-electron chi connectivity index (χ4n) is 3.99. The number of hydrogen-bond donors (Lipinski definition) is 1. The maximum Gasteiger partial charge on any atom is 0.253 e. The third-order valence-electron chi connectivity index (χ3n) is 5.66. The fourth-order valence-corrected chi connectivity index (χ4v) is 4.12. The Bertz CT molecular complexity index is 971. The lowest BCUT2D eigenvalue weighted by Gasteiger charge is -2.34. The second kappa shape index (κ2) is 9.49. The van der Waals surface area contributed by atoms with Crippen molar-refractivity contribution in [2.24, 2.45) is 0 Å². The third kappa shape index (κ3) is 5.06. The minimum Gasteiger partial charge on any atom is -0.336 e. The zero-order chi connectivity index (χ0) is 21.8. The minimum absolute atomic E-state index is 0.0232. The van der Waals surface area contributed by atoms with Crippen LogP contribution in [0.1, 0.15) is 23.2 Å². The van der Waals surface area contributed by atoms with Gasteiger partial charge >= 0.3 is 0 Å². The Labute approximate surface area is 186 Å². The first kappa shape index (κ1) is 21.3. The predicted octanol–water partition coefficient (Wildman–Crippen LogP) is 2.86. The van der Waals surface area contributed by atoms with Crippen LogP contribution in [0.2, 0.25) is 5.02 Å². The molecule has 0 aromatic heterocycles. The van der Waals surface area contributed by atoms with Crippen LogP contribution >= 0.6 is 11.6 Å². The zero-order valence-electron chi connectivity index (χ0n) is 17.2. The second-order valence-corrected chi connectivity index (χ2v) is 8.23. The van der Waals surface area contributed by atoms with Gasteiger partial charge in [0.15, 0.2) is 0 Å². The molecule has 2 heterocycles. The monoisotopic (exact) mass is 440 g/mol. The highest BCUT2D eigenvalue weighted by Gasteiger charge is 2.26. The maximum absolute atomic E-state index is 12.6. The number of benzene rings is 2. The van der Waals surface area contributed by atoms with Gasteiger partial charge in [-0.05, 0) is 42.8 Å². The largest absolute Gasteiger partial charge is 0.336 e. The summed E-state index contributed by atoms with van der Waals surface area (Å²) in [5.41, 5.74) is 2.01. The molecule has 2 fully saturated rings. The van der Waals surface area contributed by atoms with Crippen molar-refractivity contribution in [2.45, 2.75) is 12.8 Å². The molecule has 0 radical (unpaired) electrons. The van der Waals surface area contributed by atoms with Crippen LogP contribution in [0.15, 0.2) is 48.5 Å². The quantitative estimate of drug-likeness (QED) is 0.776. The number of anilines is 2. The van der Waals surface area contributed by atoms with Gasteiger partial charge in [-0.2, -0.15) is 0 Å². The Balaban J connectivity index is 1.30. The molecule has 0 unspecified atom stereocenters. The van der Waals surface area contributed by atoms with Gasteiger partial charge in [-0.3, -0.25) is 19.3 Å². The number of carbonyl (C=O) groups is 3. The summed E-state index contributed by atoms with van der Waals surface area (Å²) >= 11 is 5.89. The van der Waals surface area contributed by atoms with Gasteiger partial charge in [-0.15, -0.1) is 0 Å². The van der Waals surface area contributed by atoms with E-state index in [1.165, 1.54) is 0 Å². The number of rotatable bonds is 5. The molecule has 2 aliphatic rings. The summed E-state index contributed by atoms with van der Waals surface area (Å²) in [6.07, 6.45) is 1.38. The SMILES string of the molecule is O=C(CN1CCN(C(=O)c2ccc(Cl)cc2)CC1)Nc1ccccc1N1CCCC1=O. The number of nitrogens with zero attached hydrogens (tertiary/aromatic N) is 3. The maximum atomic E-state index is 12.6. The molecule has 2 aromatic rings. The summed E-state index contributed by atoms with van der Waals surface area (Å²) in [5, 5.41) is 3.55. The summed E-state index contributed by atoms with van der Waals surface area (Å²) in [7, 11) is 0. The summed E-state index contributed by atoms with van der Waals surface area (Å²) in [4.78, 5) is 42.9. The summed E-state index contributed by atoms with van der Waals surface area (Å²) in [6.45, 7) is 3.29. The van der Waals surface area contributed by atoms with E-state index in [2.05, 4.69) is 5.32 Å². The summed E-state index contributed by atoms with van der Waals surface area (Å²) in [5.74, 6) is -0.0651. The third-order valence-corrected chi connectivity index (χ3v) is 5.91. The molecule has 162 valence electrons. The van der Waals surface area contributed by atoms with E-state index in [-0.39, 0.29) is 24.3 Å². The molecule has 3 amide bonds. The number of carbonyl (C=O) groups excluding carboxylic acids is 3. The molecule has 31 heavy (non-hydrogen) atoms. The van der Waals surface area contributed by atoms with Gasteiger partial charge in [0.25, 0.3) is 5.91 Å². The number of amides is 3. The van der Waals surface area contributed by atoms with Gasteiger partial charge in [0, 0.05) is 49.7 Å². The van der Waals surface area contributed by atoms with E-state index in [4.69, 9.17) is 11.6 Å². The first-order valence-corrected chi connectivity index (χ1v) is 10.9. The van der Waals surface area contributed by atoms with Gasteiger partial charge in [0.05, 0.1) is 17.9 Å². The van der Waals surface area contributed by atoms with E-state index in [1.807, 2.05) is 29.2 Å². The number of hydrogen-bond acceptors (Lipinski definition) is 4. The lowest BCUT2D eigenvalue weighted by Crippen LogP contribution is -2.50. The van der Waals surface area contributed by atoms with Gasteiger partial charge in [-0.25, -0.2) is 0 Å². The van der Waals surface area contributed by atoms with Crippen molar-refractivity contribution in [1.82, 2.24) is 9.80 Å². The highest BCUT2D eigenvalue weighted by atomic mass is 35.5. The Morgan fingerprint density at radius 1 is 0.935 bits per heavy atom. The molecule has 0 saturated carbocycles. The van der Waals surface area contributed by atoms with Crippen molar-refractivity contribution in [2.75, 3.05) is 49.5 Å². The first-order valence-electron chi connectivity index (χ1n) is 10.5. The highest BCUT2D eigenvalue weighted by molar-refractivity contribution is 6.30. The van der Waals surface area contributed by atoms with E-state index in [9.17, 15) is 14.4 Å². The molecule has 0 atom stereocenters. The number of piperazine rings is 1. The van der Waals surface area contributed by atoms with Crippen molar-refractivity contribution in [3.8, 4) is 0 Å². The van der Waals surface area contributed by atoms with Gasteiger partial charge in [0.2, 0.25) is 11.8 Å². The Kier molecular flexibility index (Phi) is 6.53. The molecule has 2 aliphatic heterocycles. The van der Waals surface area contributed by atoms with Crippen LogP contribution < -0.4 is 10.2 Å². The van der Waals surface area contributed by atoms with Crippen molar-refractivity contribution >= 4 is 40.7 Å². The number of nitrogens with one attached hydrogen (secondary N) is 1. The molecule has 1 N–H and O–H groups in total. The van der Waals surface area contributed by atoms with Crippen LogP contribution in [0.25, 0.3) is 0 Å². The summed E-state index contributed by atoms with van der Waals surface area (Å²) in [6, 6.07) is 14.3. The molecule has 4 rings (SSSR count). The Morgan fingerprint density at radius 2 is 1.65 bits per heavy atom. The van der Waals surface area contributed by atoms with Crippen molar-refractivity contribution in [1.29, 1.82) is 0 Å². The van der Waals surface area contributed by atoms with E-state index in [1.54, 1.807) is 34.1 Å². The molecule has 7 nitrogen and oxygen atoms in total. The zero-order valence-corrected chi connectivity index (χ0v) is 18.0. The predicted molar refractivity (Wildman–Crippen MR) is 120 cm³/mol. The smallest absolute Gasteiger partial charge is 0.253 e. The van der Waals surface area contributed by atoms with Crippen LogP contribution in [0.3, 0.4) is 0 Å². The van der Waals surface area contributed by atoms with Crippen LogP contribution in [0.4, 0.5) is 11.4 Å². The number of halogens is 1. The van der Waals surface area contributed by atoms with E-state index < -0.39 is 0 Å². The van der Waals surface area contributed by atoms with Crippen LogP contribution in [0.5, 0.6) is 0 Å². The van der Waals surface area contributed by atoms with Crippen LogP contribution in [0, 0.1) is 0 Å². The number of para-hydroxylation sites is 2. The van der Waals surface area contributed by atoms with Crippen LogP contribution in [-0.2, 0) is 9.59 Å². The van der Waals surface area contributed by atoms with Crippen LogP contribution in [-0.4, -0.2) is 66.8 Å². The molecule has 0 bridgehead atoms. The lowest BCUT2D eigenvalue weighted by molar-refractivity contribution is -0.118. The van der Waals surface area contributed by atoms with Gasteiger partial charge in [-0.1, -0.05) is 23.7 Å². The van der Waals surface area contributed by atoms with Crippen molar-refractivity contribution < 1.29 is 14.4 Å². The first-order chi connectivity index (χ1) is 15.0.